The zero-order valence-corrected chi connectivity index (χ0v) is 26.7. The van der Waals surface area contributed by atoms with Gasteiger partial charge in [-0.05, 0) is 55.8 Å². The summed E-state index contributed by atoms with van der Waals surface area (Å²) in [6, 6.07) is 9.93. The zero-order chi connectivity index (χ0) is 31.7. The number of methoxy groups -OCH3 is 2. The quantitative estimate of drug-likeness (QED) is 0.222. The first-order valence-corrected chi connectivity index (χ1v) is 14.9. The summed E-state index contributed by atoms with van der Waals surface area (Å²) in [4.78, 5) is 12.6. The van der Waals surface area contributed by atoms with Crippen LogP contribution in [0, 0.1) is 37.3 Å². The lowest BCUT2D eigenvalue weighted by Crippen LogP contribution is -2.57. The molecule has 3 N–H and O–H groups in total. The zero-order valence-electron chi connectivity index (χ0n) is 26.7. The van der Waals surface area contributed by atoms with Crippen LogP contribution in [-0.2, 0) is 18.9 Å². The van der Waals surface area contributed by atoms with Gasteiger partial charge in [-0.25, -0.2) is 0 Å². The van der Waals surface area contributed by atoms with E-state index in [1.54, 1.807) is 14.2 Å². The molecule has 1 aromatic carbocycles. The Hall–Kier alpha value is -3.90. The van der Waals surface area contributed by atoms with Gasteiger partial charge in [0.15, 0.2) is 5.70 Å². The van der Waals surface area contributed by atoms with E-state index in [-0.39, 0.29) is 19.1 Å². The van der Waals surface area contributed by atoms with Crippen molar-refractivity contribution in [3.05, 3.63) is 75.8 Å². The fraction of sp³-hybridized carbons (Fsp3) is 0.412. The van der Waals surface area contributed by atoms with Crippen molar-refractivity contribution in [1.29, 1.82) is 0 Å². The van der Waals surface area contributed by atoms with E-state index in [0.717, 1.165) is 45.1 Å². The van der Waals surface area contributed by atoms with E-state index in [1.165, 1.54) is 0 Å². The molecule has 44 heavy (non-hydrogen) atoms. The van der Waals surface area contributed by atoms with Gasteiger partial charge >= 0.3 is 6.42 Å². The summed E-state index contributed by atoms with van der Waals surface area (Å²) >= 11 is 0. The molecule has 0 bridgehead atoms. The van der Waals surface area contributed by atoms with Crippen LogP contribution in [0.2, 0.25) is 0 Å². The number of ether oxygens (including phenoxy) is 4. The fourth-order valence-electron chi connectivity index (χ4n) is 6.00. The Balaban J connectivity index is 1.91. The molecule has 10 heteroatoms. The molecule has 0 aliphatic carbocycles. The maximum absolute atomic E-state index is 12.6. The highest BCUT2D eigenvalue weighted by Gasteiger charge is 2.50. The van der Waals surface area contributed by atoms with Gasteiger partial charge in [-0.1, -0.05) is 12.1 Å². The predicted molar refractivity (Wildman–Crippen MR) is 175 cm³/mol. The SMILES string of the molecule is COCCOCC#C[B-]1(C#CCOCCOC)n2c(C)cc(C)c2C(c2ccc(C(=O)NCCN)cc2)=C2C(C)=CC(C)=[N+]21. The number of nitrogens with zero attached hydrogens (tertiary/aromatic N) is 2. The number of aromatic nitrogens is 1. The summed E-state index contributed by atoms with van der Waals surface area (Å²) < 4.78 is 26.3. The van der Waals surface area contributed by atoms with Gasteiger partial charge in [0.25, 0.3) is 5.91 Å². The van der Waals surface area contributed by atoms with Crippen LogP contribution in [0.4, 0.5) is 0 Å². The number of carbonyl (C=O) groups is 1. The van der Waals surface area contributed by atoms with E-state index in [2.05, 4.69) is 77.6 Å². The van der Waals surface area contributed by atoms with Gasteiger partial charge < -0.3 is 39.0 Å². The van der Waals surface area contributed by atoms with Crippen molar-refractivity contribution in [1.82, 2.24) is 9.79 Å². The maximum Gasteiger partial charge on any atom is 0.520 e. The standard InChI is InChI=1S/C34H43BN4O5/c1-25-23-27(3)38-32(25)31(29-9-11-30(12-10-29)34(40)37-16-15-36)33-26(2)24-28(4)39(33)35(38,13-7-17-43-21-19-41-5)14-8-18-44-22-20-42-6/h9-12,23-24H,15-22,36H2,1-6H3,(H,37,40). The summed E-state index contributed by atoms with van der Waals surface area (Å²) in [7, 11) is 3.30. The third-order valence-electron chi connectivity index (χ3n) is 7.74. The minimum absolute atomic E-state index is 0.144. The minimum Gasteiger partial charge on any atom is -0.435 e. The Bertz CT molecular complexity index is 1570. The number of aryl methyl sites for hydroxylation is 2. The van der Waals surface area contributed by atoms with Crippen molar-refractivity contribution in [3.8, 4) is 23.5 Å². The summed E-state index contributed by atoms with van der Waals surface area (Å²) in [5.41, 5.74) is 14.7. The lowest BCUT2D eigenvalue weighted by molar-refractivity contribution is -0.329. The Labute approximate surface area is 261 Å². The van der Waals surface area contributed by atoms with E-state index >= 15 is 0 Å². The number of fused-ring (bicyclic) bond motifs is 2. The first-order valence-electron chi connectivity index (χ1n) is 14.9. The van der Waals surface area contributed by atoms with Gasteiger partial charge in [-0.3, -0.25) is 4.79 Å². The Morgan fingerprint density at radius 1 is 0.955 bits per heavy atom. The molecule has 1 aromatic heterocycles. The normalized spacial score (nSPS) is 14.8. The molecule has 0 fully saturated rings. The third-order valence-corrected chi connectivity index (χ3v) is 7.74. The fourth-order valence-corrected chi connectivity index (χ4v) is 6.00. The van der Waals surface area contributed by atoms with Crippen LogP contribution in [0.3, 0.4) is 0 Å². The highest BCUT2D eigenvalue weighted by atomic mass is 16.5. The van der Waals surface area contributed by atoms with Crippen LogP contribution in [0.5, 0.6) is 0 Å². The molecule has 232 valence electrons. The number of nitrogens with one attached hydrogen (secondary N) is 1. The van der Waals surface area contributed by atoms with Crippen LogP contribution >= 0.6 is 0 Å². The van der Waals surface area contributed by atoms with Crippen molar-refractivity contribution in [3.63, 3.8) is 0 Å². The molecular weight excluding hydrogens is 555 g/mol. The lowest BCUT2D eigenvalue weighted by atomic mass is 9.45. The molecule has 1 amide bonds. The second-order valence-corrected chi connectivity index (χ2v) is 10.9. The third kappa shape index (κ3) is 6.76. The molecule has 2 aliphatic rings. The number of allylic oxidation sites excluding steroid dienone is 2. The molecule has 2 aliphatic heterocycles. The van der Waals surface area contributed by atoms with Gasteiger partial charge in [0.05, 0.1) is 32.0 Å². The summed E-state index contributed by atoms with van der Waals surface area (Å²) in [5, 5.41) is 2.84. The summed E-state index contributed by atoms with van der Waals surface area (Å²) in [5.74, 6) is 13.6. The van der Waals surface area contributed by atoms with E-state index in [0.29, 0.717) is 45.1 Å². The topological polar surface area (TPSA) is 100.0 Å². The Morgan fingerprint density at radius 2 is 1.57 bits per heavy atom. The molecule has 0 radical (unpaired) electrons. The average Bonchev–Trinajstić information content (AvgIpc) is 3.49. The number of amides is 1. The number of carbonyl (C=O) groups excluding carboxylic acids is 1. The molecule has 0 unspecified atom stereocenters. The highest BCUT2D eigenvalue weighted by molar-refractivity contribution is 6.87. The number of nitrogens with two attached hydrogens (primary N) is 1. The first-order chi connectivity index (χ1) is 21.3. The van der Waals surface area contributed by atoms with Crippen molar-refractivity contribution in [2.45, 2.75) is 27.7 Å². The Morgan fingerprint density at radius 3 is 2.14 bits per heavy atom. The molecule has 4 rings (SSSR count). The Kier molecular flexibility index (Phi) is 11.4. The summed E-state index contributed by atoms with van der Waals surface area (Å²) in [6.07, 6.45) is 0.195. The number of hydrogen-bond acceptors (Lipinski definition) is 6. The largest absolute Gasteiger partial charge is 0.520 e. The van der Waals surface area contributed by atoms with Crippen LogP contribution in [-0.4, -0.2) is 93.9 Å². The monoisotopic (exact) mass is 598 g/mol. The lowest BCUT2D eigenvalue weighted by Gasteiger charge is -2.39. The van der Waals surface area contributed by atoms with Crippen molar-refractivity contribution in [2.24, 2.45) is 5.73 Å². The van der Waals surface area contributed by atoms with E-state index in [4.69, 9.17) is 24.7 Å². The highest BCUT2D eigenvalue weighted by Crippen LogP contribution is 2.43. The van der Waals surface area contributed by atoms with Gasteiger partial charge in [-0.15, -0.1) is 11.8 Å². The first kappa shape index (κ1) is 33.0. The summed E-state index contributed by atoms with van der Waals surface area (Å²) in [6.45, 7) is 11.7. The number of benzene rings is 1. The van der Waals surface area contributed by atoms with Gasteiger partial charge in [0.1, 0.15) is 18.9 Å². The van der Waals surface area contributed by atoms with Crippen molar-refractivity contribution in [2.75, 3.05) is 67.0 Å². The van der Waals surface area contributed by atoms with E-state index < -0.39 is 6.42 Å². The average molecular weight is 599 g/mol. The van der Waals surface area contributed by atoms with Crippen molar-refractivity contribution < 1.29 is 28.2 Å². The molecule has 0 saturated carbocycles. The second-order valence-electron chi connectivity index (χ2n) is 10.9. The number of rotatable bonds is 12. The maximum atomic E-state index is 12.6. The van der Waals surface area contributed by atoms with E-state index in [9.17, 15) is 4.79 Å². The smallest absolute Gasteiger partial charge is 0.435 e. The molecular formula is C34H43BN4O5. The second kappa shape index (κ2) is 15.2. The van der Waals surface area contributed by atoms with Gasteiger partial charge in [-0.2, -0.15) is 11.6 Å². The van der Waals surface area contributed by atoms with Gasteiger partial charge in [0.2, 0.25) is 0 Å². The van der Waals surface area contributed by atoms with Crippen LogP contribution < -0.4 is 11.1 Å². The molecule has 0 atom stereocenters. The van der Waals surface area contributed by atoms with Crippen LogP contribution in [0.25, 0.3) is 5.57 Å². The molecule has 2 aromatic rings. The molecule has 9 nitrogen and oxygen atoms in total. The van der Waals surface area contributed by atoms with Crippen LogP contribution in [0.1, 0.15) is 46.7 Å². The number of hydrogen-bond donors (Lipinski definition) is 2. The minimum atomic E-state index is -1.99. The molecule has 3 heterocycles. The van der Waals surface area contributed by atoms with E-state index in [1.807, 2.05) is 24.3 Å². The van der Waals surface area contributed by atoms with Gasteiger partial charge in [0, 0.05) is 57.1 Å². The molecule has 0 saturated heterocycles. The van der Waals surface area contributed by atoms with Crippen molar-refractivity contribution >= 4 is 23.6 Å². The molecule has 0 spiro atoms. The van der Waals surface area contributed by atoms with Crippen LogP contribution in [0.15, 0.2) is 47.7 Å². The predicted octanol–water partition coefficient (Wildman–Crippen LogP) is 2.70.